The predicted octanol–water partition coefficient (Wildman–Crippen LogP) is 9.29. The summed E-state index contributed by atoms with van der Waals surface area (Å²) in [6, 6.07) is 11.8. The van der Waals surface area contributed by atoms with Crippen molar-refractivity contribution in [2.45, 2.75) is 50.7 Å². The van der Waals surface area contributed by atoms with Gasteiger partial charge in [0, 0.05) is 31.0 Å². The van der Waals surface area contributed by atoms with Crippen molar-refractivity contribution in [3.63, 3.8) is 0 Å². The van der Waals surface area contributed by atoms with E-state index in [2.05, 4.69) is 29.8 Å². The molecular weight excluding hydrogens is 603 g/mol. The molecule has 0 bridgehead atoms. The fourth-order valence-corrected chi connectivity index (χ4v) is 5.06. The zero-order chi connectivity index (χ0) is 33.5. The Morgan fingerprint density at radius 1 is 0.978 bits per heavy atom. The lowest BCUT2D eigenvalue weighted by Gasteiger charge is -2.37. The number of allylic oxidation sites excluding steroid dienone is 6. The van der Waals surface area contributed by atoms with E-state index in [1.165, 1.54) is 48.6 Å². The van der Waals surface area contributed by atoms with Crippen LogP contribution in [-0.4, -0.2) is 31.7 Å². The van der Waals surface area contributed by atoms with Crippen LogP contribution in [0.5, 0.6) is 5.75 Å². The Labute approximate surface area is 257 Å². The Bertz CT molecular complexity index is 1420. The van der Waals surface area contributed by atoms with Crippen molar-refractivity contribution in [3.05, 3.63) is 138 Å². The lowest BCUT2D eigenvalue weighted by atomic mass is 9.69. The highest BCUT2D eigenvalue weighted by Crippen LogP contribution is 2.42. The standard InChI is InChI=1S/C34H34F7NO3/c1-6-12-23(7-2)19-32(26-14-10-13-24(17-26)20-33(37,38)39,27-15-11-16-28(18-27)43-31(5,35)36)22-42-21-25(8-3)30-29(9-4)44-34(40,41)45-30/h6-18,42H,1-2,4,19-22H2,3,5H3/b23-12+,25-8-. The Kier molecular flexibility index (Phi) is 11.1. The zero-order valence-electron chi connectivity index (χ0n) is 24.8. The number of alkyl halides is 7. The maximum Gasteiger partial charge on any atom is 0.586 e. The molecule has 0 fully saturated rings. The molecule has 11 heteroatoms. The molecule has 2 aromatic carbocycles. The third-order valence-electron chi connectivity index (χ3n) is 6.91. The summed E-state index contributed by atoms with van der Waals surface area (Å²) in [7, 11) is 0. The zero-order valence-corrected chi connectivity index (χ0v) is 24.8. The molecular formula is C34H34F7NO3. The molecule has 0 radical (unpaired) electrons. The van der Waals surface area contributed by atoms with Crippen LogP contribution in [0.15, 0.2) is 121 Å². The van der Waals surface area contributed by atoms with Gasteiger partial charge in [-0.25, -0.2) is 0 Å². The second-order valence-corrected chi connectivity index (χ2v) is 10.4. The summed E-state index contributed by atoms with van der Waals surface area (Å²) in [6.07, 6.45) is -5.60. The van der Waals surface area contributed by atoms with E-state index in [4.69, 9.17) is 9.47 Å². The largest absolute Gasteiger partial charge is 0.586 e. The fourth-order valence-electron chi connectivity index (χ4n) is 5.06. The minimum Gasteiger partial charge on any atom is -0.433 e. The van der Waals surface area contributed by atoms with Crippen LogP contribution in [0, 0.1) is 0 Å². The summed E-state index contributed by atoms with van der Waals surface area (Å²) in [6.45, 7) is 13.2. The molecule has 3 rings (SSSR count). The summed E-state index contributed by atoms with van der Waals surface area (Å²) in [4.78, 5) is 0. The molecule has 4 nitrogen and oxygen atoms in total. The van der Waals surface area contributed by atoms with Gasteiger partial charge in [-0.1, -0.05) is 80.4 Å². The fraction of sp³-hybridized carbons (Fsp3) is 0.294. The van der Waals surface area contributed by atoms with Crippen LogP contribution in [0.25, 0.3) is 0 Å². The molecule has 0 saturated heterocycles. The van der Waals surface area contributed by atoms with Crippen molar-refractivity contribution in [2.75, 3.05) is 13.1 Å². The van der Waals surface area contributed by atoms with Gasteiger partial charge in [0.2, 0.25) is 0 Å². The number of benzene rings is 2. The Morgan fingerprint density at radius 2 is 1.64 bits per heavy atom. The van der Waals surface area contributed by atoms with Gasteiger partial charge in [-0.15, -0.1) is 8.78 Å². The highest BCUT2D eigenvalue weighted by Gasteiger charge is 2.45. The molecule has 1 aliphatic heterocycles. The average Bonchev–Trinajstić information content (AvgIpc) is 3.26. The van der Waals surface area contributed by atoms with Crippen molar-refractivity contribution >= 4 is 0 Å². The van der Waals surface area contributed by atoms with E-state index in [0.717, 1.165) is 6.08 Å². The van der Waals surface area contributed by atoms with Crippen LogP contribution in [0.3, 0.4) is 0 Å². The molecule has 1 N–H and O–H groups in total. The van der Waals surface area contributed by atoms with Crippen molar-refractivity contribution < 1.29 is 44.9 Å². The van der Waals surface area contributed by atoms with Crippen molar-refractivity contribution in [2.24, 2.45) is 0 Å². The molecule has 0 aromatic heterocycles. The van der Waals surface area contributed by atoms with E-state index in [1.54, 1.807) is 31.2 Å². The lowest BCUT2D eigenvalue weighted by Crippen LogP contribution is -2.41. The van der Waals surface area contributed by atoms with Crippen molar-refractivity contribution in [1.29, 1.82) is 0 Å². The molecule has 2 aromatic rings. The molecule has 0 aliphatic carbocycles. The van der Waals surface area contributed by atoms with Crippen LogP contribution < -0.4 is 10.1 Å². The molecule has 1 heterocycles. The monoisotopic (exact) mass is 637 g/mol. The Morgan fingerprint density at radius 3 is 2.22 bits per heavy atom. The second-order valence-electron chi connectivity index (χ2n) is 10.4. The van der Waals surface area contributed by atoms with Crippen LogP contribution >= 0.6 is 0 Å². The number of ether oxygens (including phenoxy) is 3. The van der Waals surface area contributed by atoms with Crippen molar-refractivity contribution in [3.8, 4) is 5.75 Å². The average molecular weight is 638 g/mol. The molecule has 242 valence electrons. The summed E-state index contributed by atoms with van der Waals surface area (Å²) >= 11 is 0. The van der Waals surface area contributed by atoms with E-state index in [1.807, 2.05) is 0 Å². The lowest BCUT2D eigenvalue weighted by molar-refractivity contribution is -0.335. The SMILES string of the molecule is C=C/C=C(\C=C)CC(CNC/C(=C/C)C1=C(C=C)OC(F)(F)O1)(c1cccc(CC(F)(F)F)c1)c1cccc(OC(C)(F)F)c1. The van der Waals surface area contributed by atoms with E-state index in [9.17, 15) is 30.7 Å². The minimum absolute atomic E-state index is 0.0118. The first-order valence-electron chi connectivity index (χ1n) is 13.8. The van der Waals surface area contributed by atoms with Gasteiger partial charge in [0.15, 0.2) is 11.5 Å². The number of hydrogen-bond donors (Lipinski definition) is 1. The van der Waals surface area contributed by atoms with E-state index in [0.29, 0.717) is 23.6 Å². The first-order chi connectivity index (χ1) is 21.0. The third-order valence-corrected chi connectivity index (χ3v) is 6.91. The van der Waals surface area contributed by atoms with Gasteiger partial charge < -0.3 is 19.5 Å². The Balaban J connectivity index is 2.19. The number of rotatable bonds is 15. The number of halogens is 7. The molecule has 1 atom stereocenters. The van der Waals surface area contributed by atoms with E-state index in [-0.39, 0.29) is 47.9 Å². The van der Waals surface area contributed by atoms with Gasteiger partial charge >= 0.3 is 18.6 Å². The highest BCUT2D eigenvalue weighted by atomic mass is 19.4. The quantitative estimate of drug-likeness (QED) is 0.156. The van der Waals surface area contributed by atoms with Crippen LogP contribution in [-0.2, 0) is 21.3 Å². The first kappa shape index (κ1) is 35.2. The second kappa shape index (κ2) is 14.2. The normalized spacial score (nSPS) is 16.8. The minimum atomic E-state index is -4.49. The van der Waals surface area contributed by atoms with Crippen LogP contribution in [0.1, 0.15) is 37.0 Å². The molecule has 1 unspecified atom stereocenters. The van der Waals surface area contributed by atoms with E-state index >= 15 is 0 Å². The molecule has 0 saturated carbocycles. The van der Waals surface area contributed by atoms with Gasteiger partial charge in [0.1, 0.15) is 5.75 Å². The maximum absolute atomic E-state index is 13.9. The summed E-state index contributed by atoms with van der Waals surface area (Å²) < 4.78 is 110. The summed E-state index contributed by atoms with van der Waals surface area (Å²) in [5, 5.41) is 3.21. The van der Waals surface area contributed by atoms with Crippen LogP contribution in [0.4, 0.5) is 30.7 Å². The van der Waals surface area contributed by atoms with Gasteiger partial charge in [0.25, 0.3) is 0 Å². The van der Waals surface area contributed by atoms with Gasteiger partial charge in [-0.05, 0) is 53.8 Å². The van der Waals surface area contributed by atoms with Gasteiger partial charge in [0.05, 0.1) is 6.42 Å². The van der Waals surface area contributed by atoms with Crippen molar-refractivity contribution in [1.82, 2.24) is 5.32 Å². The maximum atomic E-state index is 13.9. The summed E-state index contributed by atoms with van der Waals surface area (Å²) in [5.41, 5.74) is 0.536. The van der Waals surface area contributed by atoms with E-state index < -0.39 is 30.4 Å². The molecule has 0 amide bonds. The highest BCUT2D eigenvalue weighted by molar-refractivity contribution is 5.47. The smallest absolute Gasteiger partial charge is 0.433 e. The topological polar surface area (TPSA) is 39.7 Å². The molecule has 1 aliphatic rings. The number of nitrogens with one attached hydrogen (secondary N) is 1. The van der Waals surface area contributed by atoms with Gasteiger partial charge in [-0.2, -0.15) is 22.0 Å². The Hall–Kier alpha value is -4.25. The van der Waals surface area contributed by atoms with Crippen LogP contribution in [0.2, 0.25) is 0 Å². The predicted molar refractivity (Wildman–Crippen MR) is 159 cm³/mol. The summed E-state index contributed by atoms with van der Waals surface area (Å²) in [5.74, 6) is -0.673. The molecule has 45 heavy (non-hydrogen) atoms. The number of hydrogen-bond acceptors (Lipinski definition) is 4. The third kappa shape index (κ3) is 9.62. The first-order valence-corrected chi connectivity index (χ1v) is 13.8. The molecule has 0 spiro atoms. The van der Waals surface area contributed by atoms with Gasteiger partial charge in [-0.3, -0.25) is 0 Å².